The molecule has 0 fully saturated rings. The zero-order chi connectivity index (χ0) is 15.7. The third kappa shape index (κ3) is 6.93. The van der Waals surface area contributed by atoms with Gasteiger partial charge in [0.05, 0.1) is 19.3 Å². The molecule has 4 nitrogen and oxygen atoms in total. The quantitative estimate of drug-likeness (QED) is 0.720. The van der Waals surface area contributed by atoms with Crippen molar-refractivity contribution in [3.05, 3.63) is 29.8 Å². The Morgan fingerprint density at radius 1 is 1.00 bits per heavy atom. The molecule has 0 aliphatic rings. The van der Waals surface area contributed by atoms with Crippen LogP contribution in [0.2, 0.25) is 0 Å². The van der Waals surface area contributed by atoms with E-state index in [0.29, 0.717) is 12.5 Å². The highest BCUT2D eigenvalue weighted by Gasteiger charge is 2.10. The summed E-state index contributed by atoms with van der Waals surface area (Å²) in [4.78, 5) is 0. The van der Waals surface area contributed by atoms with Crippen LogP contribution in [0.5, 0.6) is 5.75 Å². The van der Waals surface area contributed by atoms with Gasteiger partial charge in [0.1, 0.15) is 5.75 Å². The van der Waals surface area contributed by atoms with Gasteiger partial charge in [-0.3, -0.25) is 0 Å². The fourth-order valence-electron chi connectivity index (χ4n) is 1.94. The molecule has 2 unspecified atom stereocenters. The standard InChI is InChI=1S/C17H29NO3/c1-13(2)11-21-16-8-6-15(7-9-16)14(3)18-10-17(20-5)12-19-4/h6-9,13-14,17-18H,10-12H2,1-5H3. The van der Waals surface area contributed by atoms with Gasteiger partial charge in [-0.1, -0.05) is 26.0 Å². The van der Waals surface area contributed by atoms with Gasteiger partial charge in [-0.25, -0.2) is 0 Å². The fraction of sp³-hybridized carbons (Fsp3) is 0.647. The molecule has 0 saturated carbocycles. The predicted molar refractivity (Wildman–Crippen MR) is 85.9 cm³/mol. The van der Waals surface area contributed by atoms with Gasteiger partial charge in [0, 0.05) is 26.8 Å². The Hall–Kier alpha value is -1.10. The van der Waals surface area contributed by atoms with E-state index in [4.69, 9.17) is 14.2 Å². The third-order valence-corrected chi connectivity index (χ3v) is 3.30. The maximum Gasteiger partial charge on any atom is 0.119 e. The van der Waals surface area contributed by atoms with Crippen molar-refractivity contribution in [3.8, 4) is 5.75 Å². The topological polar surface area (TPSA) is 39.7 Å². The third-order valence-electron chi connectivity index (χ3n) is 3.30. The molecule has 21 heavy (non-hydrogen) atoms. The molecule has 0 heterocycles. The molecular weight excluding hydrogens is 266 g/mol. The highest BCUT2D eigenvalue weighted by Crippen LogP contribution is 2.18. The summed E-state index contributed by atoms with van der Waals surface area (Å²) in [7, 11) is 3.39. The summed E-state index contributed by atoms with van der Waals surface area (Å²) in [6, 6.07) is 8.52. The van der Waals surface area contributed by atoms with Crippen molar-refractivity contribution in [1.29, 1.82) is 0 Å². The van der Waals surface area contributed by atoms with Gasteiger partial charge in [-0.2, -0.15) is 0 Å². The molecule has 0 aliphatic carbocycles. The zero-order valence-corrected chi connectivity index (χ0v) is 13.9. The molecule has 4 heteroatoms. The minimum absolute atomic E-state index is 0.0751. The van der Waals surface area contributed by atoms with E-state index in [1.165, 1.54) is 5.56 Å². The van der Waals surface area contributed by atoms with E-state index in [-0.39, 0.29) is 12.1 Å². The first-order valence-electron chi connectivity index (χ1n) is 7.54. The molecule has 1 N–H and O–H groups in total. The van der Waals surface area contributed by atoms with Crippen LogP contribution in [0.25, 0.3) is 0 Å². The Bertz CT molecular complexity index is 378. The SMILES string of the molecule is COCC(CNC(C)c1ccc(OCC(C)C)cc1)OC. The van der Waals surface area contributed by atoms with Crippen LogP contribution in [0.3, 0.4) is 0 Å². The van der Waals surface area contributed by atoms with Crippen molar-refractivity contribution in [2.24, 2.45) is 5.92 Å². The van der Waals surface area contributed by atoms with Gasteiger partial charge in [0.2, 0.25) is 0 Å². The molecule has 0 radical (unpaired) electrons. The minimum atomic E-state index is 0.0751. The molecule has 2 atom stereocenters. The van der Waals surface area contributed by atoms with Crippen molar-refractivity contribution in [2.45, 2.75) is 32.9 Å². The van der Waals surface area contributed by atoms with Crippen LogP contribution >= 0.6 is 0 Å². The van der Waals surface area contributed by atoms with E-state index in [1.807, 2.05) is 12.1 Å². The number of nitrogens with one attached hydrogen (secondary N) is 1. The van der Waals surface area contributed by atoms with Gasteiger partial charge >= 0.3 is 0 Å². The number of hydrogen-bond acceptors (Lipinski definition) is 4. The minimum Gasteiger partial charge on any atom is -0.493 e. The second kappa shape index (κ2) is 9.77. The first-order valence-corrected chi connectivity index (χ1v) is 7.54. The monoisotopic (exact) mass is 295 g/mol. The van der Waals surface area contributed by atoms with Gasteiger partial charge in [0.15, 0.2) is 0 Å². The normalized spacial score (nSPS) is 14.2. The second-order valence-corrected chi connectivity index (χ2v) is 5.72. The first kappa shape index (κ1) is 18.0. The van der Waals surface area contributed by atoms with E-state index in [0.717, 1.165) is 18.9 Å². The van der Waals surface area contributed by atoms with Crippen LogP contribution in [0.4, 0.5) is 0 Å². The smallest absolute Gasteiger partial charge is 0.119 e. The van der Waals surface area contributed by atoms with E-state index in [9.17, 15) is 0 Å². The van der Waals surface area contributed by atoms with E-state index in [1.54, 1.807) is 14.2 Å². The number of ether oxygens (including phenoxy) is 3. The lowest BCUT2D eigenvalue weighted by Gasteiger charge is -2.20. The van der Waals surface area contributed by atoms with Crippen LogP contribution in [-0.4, -0.2) is 40.1 Å². The molecule has 120 valence electrons. The van der Waals surface area contributed by atoms with Crippen molar-refractivity contribution in [1.82, 2.24) is 5.32 Å². The second-order valence-electron chi connectivity index (χ2n) is 5.72. The lowest BCUT2D eigenvalue weighted by Crippen LogP contribution is -2.33. The van der Waals surface area contributed by atoms with E-state index >= 15 is 0 Å². The Morgan fingerprint density at radius 3 is 2.19 bits per heavy atom. The largest absolute Gasteiger partial charge is 0.493 e. The van der Waals surface area contributed by atoms with Crippen LogP contribution < -0.4 is 10.1 Å². The van der Waals surface area contributed by atoms with Gasteiger partial charge < -0.3 is 19.5 Å². The highest BCUT2D eigenvalue weighted by molar-refractivity contribution is 5.28. The molecule has 0 bridgehead atoms. The molecule has 0 aromatic heterocycles. The summed E-state index contributed by atoms with van der Waals surface area (Å²) in [5.41, 5.74) is 1.24. The van der Waals surface area contributed by atoms with Crippen molar-refractivity contribution in [2.75, 3.05) is 34.0 Å². The first-order chi connectivity index (χ1) is 10.1. The summed E-state index contributed by atoms with van der Waals surface area (Å²) >= 11 is 0. The van der Waals surface area contributed by atoms with Gasteiger partial charge in [-0.05, 0) is 30.5 Å². The number of methoxy groups -OCH3 is 2. The molecule has 0 saturated heterocycles. The van der Waals surface area contributed by atoms with Crippen LogP contribution in [0.15, 0.2) is 24.3 Å². The highest BCUT2D eigenvalue weighted by atomic mass is 16.5. The van der Waals surface area contributed by atoms with Gasteiger partial charge in [-0.15, -0.1) is 0 Å². The molecule has 1 rings (SSSR count). The molecular formula is C17H29NO3. The molecule has 1 aromatic carbocycles. The summed E-state index contributed by atoms with van der Waals surface area (Å²) in [6.45, 7) is 8.54. The van der Waals surface area contributed by atoms with Crippen LogP contribution in [0, 0.1) is 5.92 Å². The van der Waals surface area contributed by atoms with Crippen LogP contribution in [-0.2, 0) is 9.47 Å². The van der Waals surface area contributed by atoms with Crippen molar-refractivity contribution < 1.29 is 14.2 Å². The number of hydrogen-bond donors (Lipinski definition) is 1. The summed E-state index contributed by atoms with van der Waals surface area (Å²) in [5.74, 6) is 1.46. The molecule has 0 amide bonds. The lowest BCUT2D eigenvalue weighted by atomic mass is 10.1. The average molecular weight is 295 g/mol. The molecule has 0 aliphatic heterocycles. The van der Waals surface area contributed by atoms with Crippen molar-refractivity contribution in [3.63, 3.8) is 0 Å². The summed E-state index contributed by atoms with van der Waals surface area (Å²) in [6.07, 6.45) is 0.0751. The Morgan fingerprint density at radius 2 is 1.67 bits per heavy atom. The number of benzene rings is 1. The summed E-state index contributed by atoms with van der Waals surface area (Å²) in [5, 5.41) is 3.46. The van der Waals surface area contributed by atoms with Crippen molar-refractivity contribution >= 4 is 0 Å². The van der Waals surface area contributed by atoms with E-state index < -0.39 is 0 Å². The Labute approximate surface area is 128 Å². The summed E-state index contributed by atoms with van der Waals surface area (Å²) < 4.78 is 16.1. The average Bonchev–Trinajstić information content (AvgIpc) is 2.49. The predicted octanol–water partition coefficient (Wildman–Crippen LogP) is 3.03. The maximum atomic E-state index is 5.69. The molecule has 1 aromatic rings. The lowest BCUT2D eigenvalue weighted by molar-refractivity contribution is 0.0276. The Kier molecular flexibility index (Phi) is 8.35. The molecule has 0 spiro atoms. The zero-order valence-electron chi connectivity index (χ0n) is 13.9. The van der Waals surface area contributed by atoms with Crippen LogP contribution in [0.1, 0.15) is 32.4 Å². The van der Waals surface area contributed by atoms with Gasteiger partial charge in [0.25, 0.3) is 0 Å². The Balaban J connectivity index is 2.45. The fourth-order valence-corrected chi connectivity index (χ4v) is 1.94. The number of rotatable bonds is 10. The van der Waals surface area contributed by atoms with E-state index in [2.05, 4.69) is 38.2 Å². The maximum absolute atomic E-state index is 5.69.